The number of nitrogens with zero attached hydrogens (tertiary/aromatic N) is 2. The first-order valence-electron chi connectivity index (χ1n) is 7.99. The van der Waals surface area contributed by atoms with E-state index >= 15 is 0 Å². The lowest BCUT2D eigenvalue weighted by Gasteiger charge is -2.28. The Morgan fingerprint density at radius 1 is 1.33 bits per heavy atom. The minimum atomic E-state index is -0.424. The van der Waals surface area contributed by atoms with Crippen molar-refractivity contribution in [3.05, 3.63) is 18.0 Å². The Morgan fingerprint density at radius 2 is 2.19 bits per heavy atom. The largest absolute Gasteiger partial charge is 0.391 e. The molecule has 2 aliphatic rings. The smallest absolute Gasteiger partial charge is 0.272 e. The standard InChI is InChI=1S/C15H24N4O2/c20-14-6-2-1-5-12(14)17-15(21)13-7-9-19(18-13)11-4-3-8-16-10-11/h7,9,11-12,14,16,20H,1-6,8,10H2,(H,17,21). The summed E-state index contributed by atoms with van der Waals surface area (Å²) in [5.74, 6) is -0.177. The van der Waals surface area contributed by atoms with Crippen molar-refractivity contribution in [2.45, 2.75) is 56.7 Å². The highest BCUT2D eigenvalue weighted by Crippen LogP contribution is 2.19. The molecule has 6 heteroatoms. The Kier molecular flexibility index (Phi) is 4.55. The SMILES string of the molecule is O=C(NC1CCCCC1O)c1ccn(C2CCCNC2)n1. The van der Waals surface area contributed by atoms with Crippen LogP contribution in [0.1, 0.15) is 55.1 Å². The lowest BCUT2D eigenvalue weighted by atomic mass is 9.92. The normalized spacial score (nSPS) is 30.0. The molecule has 1 amide bonds. The maximum atomic E-state index is 12.2. The Hall–Kier alpha value is -1.40. The minimum Gasteiger partial charge on any atom is -0.391 e. The second-order valence-electron chi connectivity index (χ2n) is 6.11. The maximum Gasteiger partial charge on any atom is 0.272 e. The van der Waals surface area contributed by atoms with Gasteiger partial charge >= 0.3 is 0 Å². The van der Waals surface area contributed by atoms with Crippen molar-refractivity contribution in [3.8, 4) is 0 Å². The van der Waals surface area contributed by atoms with Crippen LogP contribution in [-0.4, -0.2) is 46.0 Å². The summed E-state index contributed by atoms with van der Waals surface area (Å²) in [6.07, 6.45) is 7.41. The second-order valence-corrected chi connectivity index (χ2v) is 6.11. The fourth-order valence-electron chi connectivity index (χ4n) is 3.24. The summed E-state index contributed by atoms with van der Waals surface area (Å²) in [6, 6.07) is 1.97. The van der Waals surface area contributed by atoms with Crippen molar-refractivity contribution in [1.82, 2.24) is 20.4 Å². The Labute approximate surface area is 124 Å². The second kappa shape index (κ2) is 6.58. The molecule has 2 fully saturated rings. The monoisotopic (exact) mass is 292 g/mol. The molecule has 0 radical (unpaired) electrons. The number of rotatable bonds is 3. The predicted molar refractivity (Wildman–Crippen MR) is 79.1 cm³/mol. The molecule has 1 aromatic heterocycles. The first-order valence-corrected chi connectivity index (χ1v) is 7.99. The first kappa shape index (κ1) is 14.5. The van der Waals surface area contributed by atoms with Gasteiger partial charge in [-0.25, -0.2) is 0 Å². The third-order valence-corrected chi connectivity index (χ3v) is 4.53. The molecule has 6 nitrogen and oxygen atoms in total. The Bertz CT molecular complexity index is 482. The van der Waals surface area contributed by atoms with Crippen molar-refractivity contribution in [1.29, 1.82) is 0 Å². The van der Waals surface area contributed by atoms with Gasteiger partial charge < -0.3 is 15.7 Å². The van der Waals surface area contributed by atoms with Crippen LogP contribution in [0.25, 0.3) is 0 Å². The molecule has 0 bridgehead atoms. The predicted octanol–water partition coefficient (Wildman–Crippen LogP) is 0.841. The summed E-state index contributed by atoms with van der Waals surface area (Å²) in [6.45, 7) is 1.97. The molecule has 3 rings (SSSR count). The van der Waals surface area contributed by atoms with Crippen molar-refractivity contribution < 1.29 is 9.90 Å². The fourth-order valence-corrected chi connectivity index (χ4v) is 3.24. The van der Waals surface area contributed by atoms with Gasteiger partial charge in [0.1, 0.15) is 5.69 Å². The number of amides is 1. The average molecular weight is 292 g/mol. The van der Waals surface area contributed by atoms with Crippen LogP contribution in [0.3, 0.4) is 0 Å². The van der Waals surface area contributed by atoms with Crippen molar-refractivity contribution >= 4 is 5.91 Å². The topological polar surface area (TPSA) is 79.2 Å². The van der Waals surface area contributed by atoms with E-state index in [-0.39, 0.29) is 11.9 Å². The van der Waals surface area contributed by atoms with E-state index in [2.05, 4.69) is 15.7 Å². The van der Waals surface area contributed by atoms with Gasteiger partial charge in [-0.05, 0) is 38.3 Å². The highest BCUT2D eigenvalue weighted by molar-refractivity contribution is 5.92. The zero-order valence-corrected chi connectivity index (χ0v) is 12.3. The van der Waals surface area contributed by atoms with Crippen molar-refractivity contribution in [2.75, 3.05) is 13.1 Å². The highest BCUT2D eigenvalue weighted by atomic mass is 16.3. The molecular weight excluding hydrogens is 268 g/mol. The number of piperidine rings is 1. The molecule has 1 aliphatic carbocycles. The van der Waals surface area contributed by atoms with Crippen LogP contribution in [0.15, 0.2) is 12.3 Å². The van der Waals surface area contributed by atoms with Gasteiger partial charge in [-0.2, -0.15) is 5.10 Å². The zero-order chi connectivity index (χ0) is 14.7. The molecule has 1 saturated heterocycles. The van der Waals surface area contributed by atoms with E-state index in [4.69, 9.17) is 0 Å². The number of aliphatic hydroxyl groups excluding tert-OH is 1. The van der Waals surface area contributed by atoms with Gasteiger partial charge in [-0.3, -0.25) is 9.48 Å². The molecule has 3 atom stereocenters. The van der Waals surface area contributed by atoms with Crippen LogP contribution in [-0.2, 0) is 0 Å². The molecular formula is C15H24N4O2. The van der Waals surface area contributed by atoms with Gasteiger partial charge in [0.15, 0.2) is 0 Å². The molecule has 1 saturated carbocycles. The van der Waals surface area contributed by atoms with E-state index in [1.165, 1.54) is 0 Å². The summed E-state index contributed by atoms with van der Waals surface area (Å²) in [7, 11) is 0. The van der Waals surface area contributed by atoms with Gasteiger partial charge in [0.2, 0.25) is 0 Å². The summed E-state index contributed by atoms with van der Waals surface area (Å²) >= 11 is 0. The van der Waals surface area contributed by atoms with E-state index < -0.39 is 6.10 Å². The molecule has 0 spiro atoms. The number of aliphatic hydroxyl groups is 1. The average Bonchev–Trinajstić information content (AvgIpc) is 3.00. The minimum absolute atomic E-state index is 0.132. The quantitative estimate of drug-likeness (QED) is 0.771. The molecule has 3 unspecified atom stereocenters. The van der Waals surface area contributed by atoms with E-state index in [1.54, 1.807) is 6.07 Å². The van der Waals surface area contributed by atoms with Crippen molar-refractivity contribution in [2.24, 2.45) is 0 Å². The van der Waals surface area contributed by atoms with E-state index in [1.807, 2.05) is 10.9 Å². The van der Waals surface area contributed by atoms with E-state index in [0.29, 0.717) is 11.7 Å². The number of aromatic nitrogens is 2. The van der Waals surface area contributed by atoms with E-state index in [9.17, 15) is 9.90 Å². The van der Waals surface area contributed by atoms with Gasteiger partial charge in [0.05, 0.1) is 18.2 Å². The van der Waals surface area contributed by atoms with Crippen LogP contribution in [0.5, 0.6) is 0 Å². The van der Waals surface area contributed by atoms with Crippen LogP contribution < -0.4 is 10.6 Å². The molecule has 1 aliphatic heterocycles. The Balaban J connectivity index is 1.60. The van der Waals surface area contributed by atoms with Gasteiger partial charge in [0, 0.05) is 12.7 Å². The summed E-state index contributed by atoms with van der Waals surface area (Å²) in [4.78, 5) is 12.2. The first-order chi connectivity index (χ1) is 10.2. The third-order valence-electron chi connectivity index (χ3n) is 4.53. The van der Waals surface area contributed by atoms with E-state index in [0.717, 1.165) is 51.6 Å². The summed E-state index contributed by atoms with van der Waals surface area (Å²) in [5.41, 5.74) is 0.443. The molecule has 116 valence electrons. The Morgan fingerprint density at radius 3 is 2.95 bits per heavy atom. The third kappa shape index (κ3) is 3.44. The number of nitrogens with one attached hydrogen (secondary N) is 2. The molecule has 21 heavy (non-hydrogen) atoms. The molecule has 0 aromatic carbocycles. The summed E-state index contributed by atoms with van der Waals surface area (Å²) in [5, 5.41) is 20.6. The van der Waals surface area contributed by atoms with Crippen molar-refractivity contribution in [3.63, 3.8) is 0 Å². The highest BCUT2D eigenvalue weighted by Gasteiger charge is 2.26. The number of carbonyl (C=O) groups is 1. The number of hydrogen-bond donors (Lipinski definition) is 3. The van der Waals surface area contributed by atoms with Crippen LogP contribution in [0.2, 0.25) is 0 Å². The summed E-state index contributed by atoms with van der Waals surface area (Å²) < 4.78 is 1.89. The van der Waals surface area contributed by atoms with Crippen LogP contribution in [0, 0.1) is 0 Å². The van der Waals surface area contributed by atoms with Crippen LogP contribution >= 0.6 is 0 Å². The molecule has 2 heterocycles. The molecule has 1 aromatic rings. The lowest BCUT2D eigenvalue weighted by molar-refractivity contribution is 0.0713. The zero-order valence-electron chi connectivity index (χ0n) is 12.3. The maximum absolute atomic E-state index is 12.2. The fraction of sp³-hybridized carbons (Fsp3) is 0.733. The van der Waals surface area contributed by atoms with Crippen LogP contribution in [0.4, 0.5) is 0 Å². The van der Waals surface area contributed by atoms with Gasteiger partial charge in [-0.15, -0.1) is 0 Å². The van der Waals surface area contributed by atoms with Gasteiger partial charge in [-0.1, -0.05) is 12.8 Å². The van der Waals surface area contributed by atoms with Gasteiger partial charge in [0.25, 0.3) is 5.91 Å². The number of carbonyl (C=O) groups excluding carboxylic acids is 1. The lowest BCUT2D eigenvalue weighted by Crippen LogP contribution is -2.45. The number of hydrogen-bond acceptors (Lipinski definition) is 4. The molecule has 3 N–H and O–H groups in total.